The zero-order chi connectivity index (χ0) is 25.4. The molecule has 4 atom stereocenters. The van der Waals surface area contributed by atoms with Crippen LogP contribution in [0.15, 0.2) is 30.0 Å². The number of nitrogens with one attached hydrogen (secondary N) is 1. The maximum absolute atomic E-state index is 13.4. The van der Waals surface area contributed by atoms with Gasteiger partial charge in [-0.3, -0.25) is 13.7 Å². The highest BCUT2D eigenvalue weighted by Crippen LogP contribution is 2.34. The van der Waals surface area contributed by atoms with Crippen molar-refractivity contribution in [3.63, 3.8) is 0 Å². The first-order chi connectivity index (χ1) is 17.2. The molecule has 0 spiro atoms. The maximum Gasteiger partial charge on any atom is 0.333 e. The zero-order valence-corrected chi connectivity index (χ0v) is 21.0. The molecule has 192 valence electrons. The molecule has 0 saturated heterocycles. The van der Waals surface area contributed by atoms with Gasteiger partial charge in [0.1, 0.15) is 18.2 Å². The number of hydrogen-bond acceptors (Lipinski definition) is 11. The van der Waals surface area contributed by atoms with Crippen LogP contribution in [0.3, 0.4) is 0 Å². The van der Waals surface area contributed by atoms with Gasteiger partial charge in [0.15, 0.2) is 0 Å². The largest absolute Gasteiger partial charge is 0.393 e. The summed E-state index contributed by atoms with van der Waals surface area (Å²) in [4.78, 5) is 22.2. The molecule has 2 aliphatic rings. The number of aliphatic hydroxyl groups excluding tert-OH is 1. The SMILES string of the molecule is Cc1cc2n(n1)CCOC2c1csc(C(=O)c2cncnc2N[C@@H]2C[C@H](COS(N)(=O)=O)[C@@H](O)C2)c1. The van der Waals surface area contributed by atoms with Crippen LogP contribution in [0.4, 0.5) is 5.82 Å². The first-order valence-electron chi connectivity index (χ1n) is 11.4. The number of thiophene rings is 1. The van der Waals surface area contributed by atoms with E-state index < -0.39 is 22.3 Å². The van der Waals surface area contributed by atoms with Crippen molar-refractivity contribution in [1.29, 1.82) is 0 Å². The van der Waals surface area contributed by atoms with E-state index in [-0.39, 0.29) is 24.5 Å². The minimum Gasteiger partial charge on any atom is -0.393 e. The number of aliphatic hydroxyl groups is 1. The van der Waals surface area contributed by atoms with Gasteiger partial charge >= 0.3 is 10.3 Å². The van der Waals surface area contributed by atoms with E-state index in [2.05, 4.69) is 24.6 Å². The van der Waals surface area contributed by atoms with Crippen molar-refractivity contribution in [3.8, 4) is 0 Å². The highest BCUT2D eigenvalue weighted by atomic mass is 32.2. The second-order valence-electron chi connectivity index (χ2n) is 8.96. The van der Waals surface area contributed by atoms with E-state index in [1.165, 1.54) is 23.9 Å². The summed E-state index contributed by atoms with van der Waals surface area (Å²) in [7, 11) is -4.09. The van der Waals surface area contributed by atoms with Crippen LogP contribution >= 0.6 is 11.3 Å². The molecule has 1 unspecified atom stereocenters. The normalized spacial score (nSPS) is 24.0. The minimum atomic E-state index is -4.09. The molecule has 1 saturated carbocycles. The lowest BCUT2D eigenvalue weighted by molar-refractivity contribution is 0.0424. The number of carbonyl (C=O) groups is 1. The van der Waals surface area contributed by atoms with Crippen LogP contribution in [0, 0.1) is 12.8 Å². The number of hydrogen-bond donors (Lipinski definition) is 3. The molecule has 36 heavy (non-hydrogen) atoms. The van der Waals surface area contributed by atoms with Crippen LogP contribution in [0.5, 0.6) is 0 Å². The van der Waals surface area contributed by atoms with Crippen LogP contribution in [-0.4, -0.2) is 64.4 Å². The van der Waals surface area contributed by atoms with Gasteiger partial charge in [-0.15, -0.1) is 11.3 Å². The van der Waals surface area contributed by atoms with E-state index in [0.717, 1.165) is 17.0 Å². The highest BCUT2D eigenvalue weighted by Gasteiger charge is 2.35. The first kappa shape index (κ1) is 24.9. The smallest absolute Gasteiger partial charge is 0.333 e. The van der Waals surface area contributed by atoms with Gasteiger partial charge in [0.25, 0.3) is 0 Å². The number of anilines is 1. The van der Waals surface area contributed by atoms with Gasteiger partial charge in [-0.25, -0.2) is 15.1 Å². The topological polar surface area (TPSA) is 172 Å². The number of aromatic nitrogens is 4. The van der Waals surface area contributed by atoms with Crippen LogP contribution in [0.1, 0.15) is 51.1 Å². The number of carbonyl (C=O) groups excluding carboxylic acids is 1. The van der Waals surface area contributed by atoms with Crippen molar-refractivity contribution in [2.45, 2.75) is 44.6 Å². The monoisotopic (exact) mass is 534 g/mol. The molecule has 1 fully saturated rings. The summed E-state index contributed by atoms with van der Waals surface area (Å²) in [5.41, 5.74) is 3.06. The Kier molecular flexibility index (Phi) is 6.89. The summed E-state index contributed by atoms with van der Waals surface area (Å²) in [5, 5.41) is 24.8. The third-order valence-corrected chi connectivity index (χ3v) is 7.75. The molecule has 4 N–H and O–H groups in total. The number of nitrogens with two attached hydrogens (primary N) is 1. The van der Waals surface area contributed by atoms with Crippen molar-refractivity contribution in [2.75, 3.05) is 18.5 Å². The van der Waals surface area contributed by atoms with E-state index in [1.54, 1.807) is 0 Å². The van der Waals surface area contributed by atoms with Crippen molar-refractivity contribution in [3.05, 3.63) is 57.4 Å². The maximum atomic E-state index is 13.4. The molecule has 3 aromatic rings. The number of rotatable bonds is 8. The van der Waals surface area contributed by atoms with Gasteiger partial charge in [0, 0.05) is 18.2 Å². The van der Waals surface area contributed by atoms with Crippen LogP contribution in [0.25, 0.3) is 0 Å². The van der Waals surface area contributed by atoms with Crippen molar-refractivity contribution in [1.82, 2.24) is 19.7 Å². The van der Waals surface area contributed by atoms with Crippen molar-refractivity contribution < 1.29 is 27.2 Å². The summed E-state index contributed by atoms with van der Waals surface area (Å²) in [6.45, 7) is 2.95. The molecule has 14 heteroatoms. The number of ketones is 1. The Labute approximate surface area is 211 Å². The average Bonchev–Trinajstić information content (AvgIpc) is 3.54. The fraction of sp³-hybridized carbons (Fsp3) is 0.455. The minimum absolute atomic E-state index is 0.215. The fourth-order valence-corrected chi connectivity index (χ4v) is 5.93. The summed E-state index contributed by atoms with van der Waals surface area (Å²) in [6.07, 6.45) is 2.48. The lowest BCUT2D eigenvalue weighted by atomic mass is 10.1. The number of ether oxygens (including phenoxy) is 1. The molecular weight excluding hydrogens is 508 g/mol. The average molecular weight is 535 g/mol. The second kappa shape index (κ2) is 9.95. The molecule has 5 rings (SSSR count). The molecule has 1 aliphatic carbocycles. The zero-order valence-electron chi connectivity index (χ0n) is 19.4. The van der Waals surface area contributed by atoms with Gasteiger partial charge in [0.2, 0.25) is 5.78 Å². The summed E-state index contributed by atoms with van der Waals surface area (Å²) in [5.74, 6) is -0.311. The Morgan fingerprint density at radius 1 is 1.39 bits per heavy atom. The van der Waals surface area contributed by atoms with Crippen molar-refractivity contribution >= 4 is 33.2 Å². The lowest BCUT2D eigenvalue weighted by Gasteiger charge is -2.23. The van der Waals surface area contributed by atoms with Crippen molar-refractivity contribution in [2.24, 2.45) is 11.1 Å². The quantitative estimate of drug-likeness (QED) is 0.356. The molecule has 12 nitrogen and oxygen atoms in total. The summed E-state index contributed by atoms with van der Waals surface area (Å²) in [6, 6.07) is 3.58. The Hall–Kier alpha value is -2.75. The van der Waals surface area contributed by atoms with E-state index in [0.29, 0.717) is 42.3 Å². The molecule has 1 aliphatic heterocycles. The van der Waals surface area contributed by atoms with Crippen LogP contribution in [-0.2, 0) is 25.8 Å². The summed E-state index contributed by atoms with van der Waals surface area (Å²) < 4.78 is 34.7. The van der Waals surface area contributed by atoms with Gasteiger partial charge < -0.3 is 15.2 Å². The Bertz CT molecular complexity index is 1370. The van der Waals surface area contributed by atoms with Gasteiger partial charge in [0.05, 0.1) is 47.7 Å². The molecular formula is C22H26N6O6S2. The van der Waals surface area contributed by atoms with E-state index in [9.17, 15) is 18.3 Å². The van der Waals surface area contributed by atoms with Gasteiger partial charge in [-0.2, -0.15) is 13.5 Å². The van der Waals surface area contributed by atoms with E-state index in [1.807, 2.05) is 29.1 Å². The number of nitrogens with zero attached hydrogens (tertiary/aromatic N) is 4. The molecule has 3 aromatic heterocycles. The third kappa shape index (κ3) is 5.33. The fourth-order valence-electron chi connectivity index (χ4n) is 4.69. The third-order valence-electron chi connectivity index (χ3n) is 6.34. The molecule has 0 radical (unpaired) electrons. The lowest BCUT2D eigenvalue weighted by Crippen LogP contribution is -2.24. The molecule has 0 aromatic carbocycles. The molecule has 4 heterocycles. The molecule has 0 bridgehead atoms. The number of aryl methyl sites for hydroxylation is 1. The Morgan fingerprint density at radius 3 is 3.03 bits per heavy atom. The van der Waals surface area contributed by atoms with E-state index >= 15 is 0 Å². The number of fused-ring (bicyclic) bond motifs is 1. The van der Waals surface area contributed by atoms with Gasteiger partial charge in [-0.05, 0) is 42.8 Å². The predicted octanol–water partition coefficient (Wildman–Crippen LogP) is 1.17. The molecule has 0 amide bonds. The van der Waals surface area contributed by atoms with Crippen LogP contribution < -0.4 is 10.5 Å². The standard InChI is InChI=1S/C22H26N6O6S2/c1-12-4-17-21(33-3-2-28(17)27-12)14-6-19(35-10-14)20(30)16-8-24-11-25-22(16)26-15-5-13(18(29)7-15)9-34-36(23,31)32/h4,6,8,10-11,13,15,18,21,29H,2-3,5,7,9H2,1H3,(H2,23,31,32)(H,24,25,26)/t13-,15-,18+,21?/m1/s1. The second-order valence-corrected chi connectivity index (χ2v) is 11.1. The highest BCUT2D eigenvalue weighted by molar-refractivity contribution is 7.84. The van der Waals surface area contributed by atoms with Gasteiger partial charge in [-0.1, -0.05) is 0 Å². The summed E-state index contributed by atoms with van der Waals surface area (Å²) >= 11 is 1.32. The first-order valence-corrected chi connectivity index (χ1v) is 13.7. The van der Waals surface area contributed by atoms with E-state index in [4.69, 9.17) is 9.88 Å². The Morgan fingerprint density at radius 2 is 2.22 bits per heavy atom. The predicted molar refractivity (Wildman–Crippen MR) is 130 cm³/mol. The van der Waals surface area contributed by atoms with Crippen LogP contribution in [0.2, 0.25) is 0 Å². The Balaban J connectivity index is 1.31.